The van der Waals surface area contributed by atoms with Gasteiger partial charge in [0, 0.05) is 12.1 Å². The summed E-state index contributed by atoms with van der Waals surface area (Å²) in [7, 11) is 1.89. The highest BCUT2D eigenvalue weighted by atomic mass is 16.4. The number of aliphatic carboxylic acids is 1. The Morgan fingerprint density at radius 3 is 2.75 bits per heavy atom. The summed E-state index contributed by atoms with van der Waals surface area (Å²) in [5.41, 5.74) is 1.78. The van der Waals surface area contributed by atoms with E-state index in [4.69, 9.17) is 5.11 Å². The molecule has 0 unspecified atom stereocenters. The van der Waals surface area contributed by atoms with Gasteiger partial charge in [0.1, 0.15) is 0 Å². The molecule has 0 radical (unpaired) electrons. The van der Waals surface area contributed by atoms with Crippen LogP contribution in [0.2, 0.25) is 0 Å². The Bertz CT molecular complexity index is 241. The highest BCUT2D eigenvalue weighted by molar-refractivity contribution is 5.87. The molecule has 0 saturated carbocycles. The molecule has 12 heavy (non-hydrogen) atoms. The lowest BCUT2D eigenvalue weighted by Crippen LogP contribution is -2.13. The van der Waals surface area contributed by atoms with Crippen LogP contribution in [0.5, 0.6) is 0 Å². The summed E-state index contributed by atoms with van der Waals surface area (Å²) in [5, 5.41) is 11.7. The van der Waals surface area contributed by atoms with Gasteiger partial charge in [-0.25, -0.2) is 4.79 Å². The van der Waals surface area contributed by atoms with Crippen molar-refractivity contribution in [3.05, 3.63) is 23.3 Å². The van der Waals surface area contributed by atoms with E-state index in [1.165, 1.54) is 5.57 Å². The molecule has 0 saturated heterocycles. The number of nitrogens with one attached hydrogen (secondary N) is 1. The summed E-state index contributed by atoms with van der Waals surface area (Å²) < 4.78 is 0. The van der Waals surface area contributed by atoms with E-state index in [0.717, 1.165) is 13.0 Å². The Labute approximate surface area is 71.8 Å². The van der Waals surface area contributed by atoms with Gasteiger partial charge >= 0.3 is 5.97 Å². The van der Waals surface area contributed by atoms with E-state index in [9.17, 15) is 4.79 Å². The zero-order valence-corrected chi connectivity index (χ0v) is 7.13. The van der Waals surface area contributed by atoms with Gasteiger partial charge in [-0.05, 0) is 19.9 Å². The number of carbonyl (C=O) groups is 1. The largest absolute Gasteiger partial charge is 0.478 e. The van der Waals surface area contributed by atoms with Crippen LogP contribution in [0.3, 0.4) is 0 Å². The maximum atomic E-state index is 10.5. The number of likely N-dealkylation sites (N-methyl/N-ethyl adjacent to an activating group) is 1. The molecule has 0 aromatic rings. The predicted molar refractivity (Wildman–Crippen MR) is 47.0 cm³/mol. The first-order valence-electron chi connectivity index (χ1n) is 4.00. The summed E-state index contributed by atoms with van der Waals surface area (Å²) in [5.74, 6) is -0.797. The minimum absolute atomic E-state index is 0.509. The average Bonchev–Trinajstić information content (AvgIpc) is 2.06. The Balaban J connectivity index is 2.60. The van der Waals surface area contributed by atoms with Crippen molar-refractivity contribution in [2.24, 2.45) is 0 Å². The standard InChI is InChI=1S/C9H13NO2/c1-10-6-7-2-4-8(5-3-7)9(11)12/h2,4,10H,3,5-6H2,1H3,(H,11,12). The maximum absolute atomic E-state index is 10.5. The normalized spacial score (nSPS) is 16.8. The van der Waals surface area contributed by atoms with Crippen LogP contribution in [-0.2, 0) is 4.79 Å². The van der Waals surface area contributed by atoms with E-state index in [1.807, 2.05) is 13.1 Å². The molecule has 1 rings (SSSR count). The van der Waals surface area contributed by atoms with Crippen molar-refractivity contribution in [3.8, 4) is 0 Å². The number of carboxylic acids is 1. The fourth-order valence-electron chi connectivity index (χ4n) is 1.23. The van der Waals surface area contributed by atoms with E-state index in [0.29, 0.717) is 12.0 Å². The molecule has 3 heteroatoms. The van der Waals surface area contributed by atoms with E-state index in [1.54, 1.807) is 6.08 Å². The molecule has 0 aliphatic heterocycles. The second-order valence-electron chi connectivity index (χ2n) is 2.85. The fraction of sp³-hybridized carbons (Fsp3) is 0.444. The Hall–Kier alpha value is -1.09. The molecule has 1 aliphatic rings. The lowest BCUT2D eigenvalue weighted by atomic mass is 9.98. The van der Waals surface area contributed by atoms with Gasteiger partial charge in [0.25, 0.3) is 0 Å². The van der Waals surface area contributed by atoms with E-state index in [2.05, 4.69) is 5.32 Å². The quantitative estimate of drug-likeness (QED) is 0.657. The molecule has 3 nitrogen and oxygen atoms in total. The molecule has 0 aromatic heterocycles. The van der Waals surface area contributed by atoms with Crippen LogP contribution in [0, 0.1) is 0 Å². The summed E-state index contributed by atoms with van der Waals surface area (Å²) in [4.78, 5) is 10.5. The van der Waals surface area contributed by atoms with Crippen LogP contribution in [0.15, 0.2) is 23.3 Å². The second kappa shape index (κ2) is 4.07. The third kappa shape index (κ3) is 2.20. The SMILES string of the molecule is CNCC1=CC=C(C(=O)O)CC1. The van der Waals surface area contributed by atoms with Gasteiger partial charge in [-0.1, -0.05) is 17.7 Å². The minimum atomic E-state index is -0.797. The number of hydrogen-bond acceptors (Lipinski definition) is 2. The minimum Gasteiger partial charge on any atom is -0.478 e. The van der Waals surface area contributed by atoms with Gasteiger partial charge in [-0.15, -0.1) is 0 Å². The molecule has 0 spiro atoms. The Morgan fingerprint density at radius 1 is 1.58 bits per heavy atom. The van der Waals surface area contributed by atoms with Crippen LogP contribution in [0.4, 0.5) is 0 Å². The molecule has 0 fully saturated rings. The molecule has 0 bridgehead atoms. The van der Waals surface area contributed by atoms with Crippen LogP contribution in [0.1, 0.15) is 12.8 Å². The van der Waals surface area contributed by atoms with Crippen molar-refractivity contribution >= 4 is 5.97 Å². The zero-order chi connectivity index (χ0) is 8.97. The third-order valence-electron chi connectivity index (χ3n) is 1.91. The first-order chi connectivity index (χ1) is 5.74. The van der Waals surface area contributed by atoms with Crippen LogP contribution < -0.4 is 5.32 Å². The smallest absolute Gasteiger partial charge is 0.331 e. The molecule has 0 heterocycles. The third-order valence-corrected chi connectivity index (χ3v) is 1.91. The summed E-state index contributed by atoms with van der Waals surface area (Å²) >= 11 is 0. The van der Waals surface area contributed by atoms with Crippen LogP contribution in [0.25, 0.3) is 0 Å². The van der Waals surface area contributed by atoms with Crippen molar-refractivity contribution in [1.82, 2.24) is 5.32 Å². The second-order valence-corrected chi connectivity index (χ2v) is 2.85. The van der Waals surface area contributed by atoms with E-state index < -0.39 is 5.97 Å². The van der Waals surface area contributed by atoms with Crippen molar-refractivity contribution in [2.45, 2.75) is 12.8 Å². The summed E-state index contributed by atoms with van der Waals surface area (Å²) in [6.45, 7) is 0.851. The van der Waals surface area contributed by atoms with Gasteiger partial charge in [0.05, 0.1) is 0 Å². The van der Waals surface area contributed by atoms with E-state index >= 15 is 0 Å². The van der Waals surface area contributed by atoms with Crippen molar-refractivity contribution in [3.63, 3.8) is 0 Å². The van der Waals surface area contributed by atoms with Gasteiger partial charge in [0.2, 0.25) is 0 Å². The molecular weight excluding hydrogens is 154 g/mol. The van der Waals surface area contributed by atoms with Crippen molar-refractivity contribution in [1.29, 1.82) is 0 Å². The Kier molecular flexibility index (Phi) is 3.05. The zero-order valence-electron chi connectivity index (χ0n) is 7.13. The first kappa shape index (κ1) is 9.00. The average molecular weight is 167 g/mol. The Morgan fingerprint density at radius 2 is 2.33 bits per heavy atom. The maximum Gasteiger partial charge on any atom is 0.331 e. The van der Waals surface area contributed by atoms with Crippen molar-refractivity contribution in [2.75, 3.05) is 13.6 Å². The van der Waals surface area contributed by atoms with Crippen LogP contribution in [-0.4, -0.2) is 24.7 Å². The number of carboxylic acid groups (broad SMARTS) is 1. The molecule has 2 N–H and O–H groups in total. The number of hydrogen-bond donors (Lipinski definition) is 2. The highest BCUT2D eigenvalue weighted by Crippen LogP contribution is 2.17. The van der Waals surface area contributed by atoms with E-state index in [-0.39, 0.29) is 0 Å². The summed E-state index contributed by atoms with van der Waals surface area (Å²) in [6, 6.07) is 0. The predicted octanol–water partition coefficient (Wildman–Crippen LogP) is 0.937. The number of allylic oxidation sites excluding steroid dienone is 2. The van der Waals surface area contributed by atoms with Gasteiger partial charge < -0.3 is 10.4 Å². The van der Waals surface area contributed by atoms with Crippen LogP contribution >= 0.6 is 0 Å². The fourth-order valence-corrected chi connectivity index (χ4v) is 1.23. The molecule has 0 atom stereocenters. The lowest BCUT2D eigenvalue weighted by Gasteiger charge is -2.11. The monoisotopic (exact) mass is 167 g/mol. The summed E-state index contributed by atoms with van der Waals surface area (Å²) in [6.07, 6.45) is 5.10. The molecule has 1 aliphatic carbocycles. The van der Waals surface area contributed by atoms with Crippen molar-refractivity contribution < 1.29 is 9.90 Å². The van der Waals surface area contributed by atoms with Gasteiger partial charge in [0.15, 0.2) is 0 Å². The molecule has 0 amide bonds. The highest BCUT2D eigenvalue weighted by Gasteiger charge is 2.10. The molecular formula is C9H13NO2. The topological polar surface area (TPSA) is 49.3 Å². The lowest BCUT2D eigenvalue weighted by molar-refractivity contribution is -0.132. The number of rotatable bonds is 3. The first-order valence-corrected chi connectivity index (χ1v) is 4.00. The van der Waals surface area contributed by atoms with Gasteiger partial charge in [-0.3, -0.25) is 0 Å². The molecule has 66 valence electrons. The van der Waals surface area contributed by atoms with Gasteiger partial charge in [-0.2, -0.15) is 0 Å². The molecule has 0 aromatic carbocycles.